The maximum Gasteiger partial charge on any atom is 0.0575 e. The Hall–Kier alpha value is -0.120. The number of hydrogen-bond acceptors (Lipinski definition) is 3. The summed E-state index contributed by atoms with van der Waals surface area (Å²) < 4.78 is 5.70. The molecule has 2 saturated heterocycles. The van der Waals surface area contributed by atoms with E-state index in [2.05, 4.69) is 11.8 Å². The van der Waals surface area contributed by atoms with Crippen LogP contribution in [0.3, 0.4) is 0 Å². The average Bonchev–Trinajstić information content (AvgIpc) is 2.64. The van der Waals surface area contributed by atoms with Gasteiger partial charge in [0.25, 0.3) is 0 Å². The maximum atomic E-state index is 5.92. The predicted molar refractivity (Wildman–Crippen MR) is 61.8 cm³/mol. The van der Waals surface area contributed by atoms with Crippen LogP contribution >= 0.6 is 0 Å². The van der Waals surface area contributed by atoms with Gasteiger partial charge in [0.15, 0.2) is 0 Å². The van der Waals surface area contributed by atoms with E-state index < -0.39 is 0 Å². The quantitative estimate of drug-likeness (QED) is 0.764. The Balaban J connectivity index is 1.74. The van der Waals surface area contributed by atoms with Crippen molar-refractivity contribution in [2.24, 2.45) is 11.7 Å². The molecule has 2 aliphatic heterocycles. The molecule has 0 spiro atoms. The highest BCUT2D eigenvalue weighted by Crippen LogP contribution is 2.24. The van der Waals surface area contributed by atoms with Crippen molar-refractivity contribution in [1.82, 2.24) is 4.90 Å². The minimum absolute atomic E-state index is 0.423. The number of rotatable bonds is 3. The molecule has 88 valence electrons. The molecule has 0 aromatic carbocycles. The third-order valence-electron chi connectivity index (χ3n) is 3.76. The van der Waals surface area contributed by atoms with Crippen LogP contribution in [0.2, 0.25) is 0 Å². The summed E-state index contributed by atoms with van der Waals surface area (Å²) in [5.41, 5.74) is 5.92. The molecule has 0 radical (unpaired) electrons. The summed E-state index contributed by atoms with van der Waals surface area (Å²) in [7, 11) is 0. The molecule has 0 aliphatic carbocycles. The molecular formula is C12H24N2O. The number of nitrogens with zero attached hydrogens (tertiary/aromatic N) is 1. The Bertz CT molecular complexity index is 198. The number of likely N-dealkylation sites (tertiary alicyclic amines) is 1. The average molecular weight is 212 g/mol. The Labute approximate surface area is 93.0 Å². The van der Waals surface area contributed by atoms with E-state index in [1.54, 1.807) is 0 Å². The van der Waals surface area contributed by atoms with Crippen molar-refractivity contribution in [3.63, 3.8) is 0 Å². The van der Waals surface area contributed by atoms with Crippen molar-refractivity contribution in [2.45, 2.75) is 44.8 Å². The van der Waals surface area contributed by atoms with Crippen molar-refractivity contribution < 1.29 is 4.74 Å². The highest BCUT2D eigenvalue weighted by atomic mass is 16.5. The zero-order chi connectivity index (χ0) is 10.7. The highest BCUT2D eigenvalue weighted by Gasteiger charge is 2.26. The maximum absolute atomic E-state index is 5.92. The minimum atomic E-state index is 0.423. The predicted octanol–water partition coefficient (Wildman–Crippen LogP) is 1.22. The third kappa shape index (κ3) is 3.16. The second-order valence-electron chi connectivity index (χ2n) is 5.10. The lowest BCUT2D eigenvalue weighted by molar-refractivity contribution is -0.0163. The van der Waals surface area contributed by atoms with E-state index in [9.17, 15) is 0 Å². The van der Waals surface area contributed by atoms with Crippen LogP contribution in [0.5, 0.6) is 0 Å². The second-order valence-corrected chi connectivity index (χ2v) is 5.10. The molecule has 0 aromatic rings. The van der Waals surface area contributed by atoms with Crippen LogP contribution in [0, 0.1) is 5.92 Å². The van der Waals surface area contributed by atoms with Crippen LogP contribution in [0.15, 0.2) is 0 Å². The zero-order valence-corrected chi connectivity index (χ0v) is 9.82. The van der Waals surface area contributed by atoms with Crippen LogP contribution in [0.1, 0.15) is 32.6 Å². The van der Waals surface area contributed by atoms with Gasteiger partial charge in [-0.2, -0.15) is 0 Å². The van der Waals surface area contributed by atoms with Crippen LogP contribution in [0.25, 0.3) is 0 Å². The molecule has 3 unspecified atom stereocenters. The summed E-state index contributed by atoms with van der Waals surface area (Å²) in [6.45, 7) is 6.74. The Morgan fingerprint density at radius 3 is 2.93 bits per heavy atom. The van der Waals surface area contributed by atoms with E-state index in [-0.39, 0.29) is 0 Å². The third-order valence-corrected chi connectivity index (χ3v) is 3.76. The molecule has 0 aromatic heterocycles. The van der Waals surface area contributed by atoms with E-state index >= 15 is 0 Å². The monoisotopic (exact) mass is 212 g/mol. The molecule has 2 rings (SSSR count). The zero-order valence-electron chi connectivity index (χ0n) is 9.82. The first-order valence-electron chi connectivity index (χ1n) is 6.37. The van der Waals surface area contributed by atoms with E-state index in [1.807, 2.05) is 0 Å². The summed E-state index contributed by atoms with van der Waals surface area (Å²) in [6, 6.07) is 0.423. The molecule has 0 bridgehead atoms. The summed E-state index contributed by atoms with van der Waals surface area (Å²) in [5, 5.41) is 0. The Kier molecular flexibility index (Phi) is 4.00. The van der Waals surface area contributed by atoms with E-state index in [4.69, 9.17) is 10.5 Å². The highest BCUT2D eigenvalue weighted by molar-refractivity contribution is 4.81. The summed E-state index contributed by atoms with van der Waals surface area (Å²) in [5.74, 6) is 0.842. The fourth-order valence-corrected chi connectivity index (χ4v) is 2.80. The fourth-order valence-electron chi connectivity index (χ4n) is 2.80. The van der Waals surface area contributed by atoms with Crippen LogP contribution in [-0.2, 0) is 4.74 Å². The van der Waals surface area contributed by atoms with Gasteiger partial charge in [-0.25, -0.2) is 0 Å². The molecule has 3 heteroatoms. The molecular weight excluding hydrogens is 188 g/mol. The Morgan fingerprint density at radius 2 is 2.27 bits per heavy atom. The van der Waals surface area contributed by atoms with Gasteiger partial charge in [-0.05, 0) is 38.1 Å². The van der Waals surface area contributed by atoms with E-state index in [0.29, 0.717) is 12.1 Å². The van der Waals surface area contributed by atoms with Crippen molar-refractivity contribution >= 4 is 0 Å². The van der Waals surface area contributed by atoms with Gasteiger partial charge >= 0.3 is 0 Å². The van der Waals surface area contributed by atoms with E-state index in [0.717, 1.165) is 25.5 Å². The van der Waals surface area contributed by atoms with Crippen LogP contribution in [0.4, 0.5) is 0 Å². The van der Waals surface area contributed by atoms with Gasteiger partial charge in [-0.3, -0.25) is 0 Å². The lowest BCUT2D eigenvalue weighted by Gasteiger charge is -2.31. The molecule has 2 N–H and O–H groups in total. The molecule has 3 atom stereocenters. The molecule has 2 aliphatic rings. The molecule has 15 heavy (non-hydrogen) atoms. The van der Waals surface area contributed by atoms with Gasteiger partial charge in [-0.1, -0.05) is 6.92 Å². The SMILES string of the molecule is CCC1CC(CN2CCC(N)C2)CCO1. The topological polar surface area (TPSA) is 38.5 Å². The molecule has 2 heterocycles. The van der Waals surface area contributed by atoms with E-state index in [1.165, 1.54) is 32.4 Å². The van der Waals surface area contributed by atoms with Gasteiger partial charge in [0.1, 0.15) is 0 Å². The standard InChI is InChI=1S/C12H24N2O/c1-2-12-7-10(4-6-15-12)8-14-5-3-11(13)9-14/h10-12H,2-9,13H2,1H3. The van der Waals surface area contributed by atoms with Crippen molar-refractivity contribution in [3.05, 3.63) is 0 Å². The molecule has 2 fully saturated rings. The normalized spacial score (nSPS) is 38.4. The molecule has 0 amide bonds. The van der Waals surface area contributed by atoms with Crippen LogP contribution < -0.4 is 5.73 Å². The van der Waals surface area contributed by atoms with Gasteiger partial charge in [0.05, 0.1) is 6.10 Å². The molecule has 0 saturated carbocycles. The number of nitrogens with two attached hydrogens (primary N) is 1. The van der Waals surface area contributed by atoms with Gasteiger partial charge in [-0.15, -0.1) is 0 Å². The van der Waals surface area contributed by atoms with Gasteiger partial charge in [0, 0.05) is 25.7 Å². The summed E-state index contributed by atoms with van der Waals surface area (Å²) in [6.07, 6.45) is 5.35. The number of ether oxygens (including phenoxy) is 1. The lowest BCUT2D eigenvalue weighted by Crippen LogP contribution is -2.35. The fraction of sp³-hybridized carbons (Fsp3) is 1.00. The molecule has 3 nitrogen and oxygen atoms in total. The van der Waals surface area contributed by atoms with Gasteiger partial charge < -0.3 is 15.4 Å². The van der Waals surface area contributed by atoms with Crippen molar-refractivity contribution in [1.29, 1.82) is 0 Å². The van der Waals surface area contributed by atoms with Crippen LogP contribution in [-0.4, -0.2) is 43.3 Å². The minimum Gasteiger partial charge on any atom is -0.378 e. The van der Waals surface area contributed by atoms with Crippen molar-refractivity contribution in [2.75, 3.05) is 26.2 Å². The van der Waals surface area contributed by atoms with Gasteiger partial charge in [0.2, 0.25) is 0 Å². The Morgan fingerprint density at radius 1 is 1.40 bits per heavy atom. The van der Waals surface area contributed by atoms with Crippen molar-refractivity contribution in [3.8, 4) is 0 Å². The first kappa shape index (κ1) is 11.4. The number of hydrogen-bond donors (Lipinski definition) is 1. The first-order chi connectivity index (χ1) is 7.28. The largest absolute Gasteiger partial charge is 0.378 e. The lowest BCUT2D eigenvalue weighted by atomic mass is 9.94. The first-order valence-corrected chi connectivity index (χ1v) is 6.37. The summed E-state index contributed by atoms with van der Waals surface area (Å²) >= 11 is 0. The second kappa shape index (κ2) is 5.28. The smallest absolute Gasteiger partial charge is 0.0575 e. The summed E-state index contributed by atoms with van der Waals surface area (Å²) in [4.78, 5) is 2.54.